The van der Waals surface area contributed by atoms with Crippen LogP contribution >= 0.6 is 0 Å². The second kappa shape index (κ2) is 6.07. The predicted molar refractivity (Wildman–Crippen MR) is 83.9 cm³/mol. The van der Waals surface area contributed by atoms with Crippen LogP contribution in [0.4, 0.5) is 10.5 Å². The van der Waals surface area contributed by atoms with Crippen LogP contribution in [0.2, 0.25) is 0 Å². The van der Waals surface area contributed by atoms with E-state index in [0.717, 1.165) is 12.0 Å². The molecule has 1 atom stereocenters. The van der Waals surface area contributed by atoms with Crippen molar-refractivity contribution in [2.45, 2.75) is 12.3 Å². The van der Waals surface area contributed by atoms with Gasteiger partial charge in [0.2, 0.25) is 0 Å². The molecule has 1 aliphatic heterocycles. The quantitative estimate of drug-likeness (QED) is 0.879. The SMILES string of the molecule is Cn1cc([C@@H]2CCN(C(=O)Nc3ccc(C(N)=O)nc3)C2)cn1. The lowest BCUT2D eigenvalue weighted by Crippen LogP contribution is -2.32. The number of carbonyl (C=O) groups is 2. The maximum absolute atomic E-state index is 12.3. The lowest BCUT2D eigenvalue weighted by Gasteiger charge is -2.17. The molecular weight excluding hydrogens is 296 g/mol. The number of anilines is 1. The summed E-state index contributed by atoms with van der Waals surface area (Å²) >= 11 is 0. The Hall–Kier alpha value is -2.90. The number of amides is 3. The molecular formula is C15H18N6O2. The number of nitrogens with one attached hydrogen (secondary N) is 1. The first-order valence-electron chi connectivity index (χ1n) is 7.33. The first-order valence-corrected chi connectivity index (χ1v) is 7.33. The standard InChI is InChI=1S/C15H18N6O2/c1-20-8-11(6-18-20)10-4-5-21(9-10)15(23)19-12-2-3-13(14(16)22)17-7-12/h2-3,6-8,10H,4-5,9H2,1H3,(H2,16,22)(H,19,23)/t10-/m1/s1. The molecule has 0 radical (unpaired) electrons. The van der Waals surface area contributed by atoms with Crippen LogP contribution in [0, 0.1) is 0 Å². The number of aryl methyl sites for hydroxylation is 1. The molecule has 3 amide bonds. The average Bonchev–Trinajstić information content (AvgIpc) is 3.16. The zero-order valence-corrected chi connectivity index (χ0v) is 12.8. The summed E-state index contributed by atoms with van der Waals surface area (Å²) in [6.45, 7) is 1.35. The Balaban J connectivity index is 1.59. The molecule has 3 rings (SSSR count). The van der Waals surface area contributed by atoms with Crippen LogP contribution in [0.1, 0.15) is 28.4 Å². The van der Waals surface area contributed by atoms with Crippen molar-refractivity contribution in [2.75, 3.05) is 18.4 Å². The summed E-state index contributed by atoms with van der Waals surface area (Å²) in [7, 11) is 1.88. The number of likely N-dealkylation sites (tertiary alicyclic amines) is 1. The van der Waals surface area contributed by atoms with Gasteiger partial charge in [-0.3, -0.25) is 9.48 Å². The van der Waals surface area contributed by atoms with E-state index in [9.17, 15) is 9.59 Å². The van der Waals surface area contributed by atoms with Crippen molar-refractivity contribution in [3.8, 4) is 0 Å². The number of nitrogens with two attached hydrogens (primary N) is 1. The van der Waals surface area contributed by atoms with E-state index < -0.39 is 5.91 Å². The van der Waals surface area contributed by atoms with Crippen LogP contribution < -0.4 is 11.1 Å². The van der Waals surface area contributed by atoms with Gasteiger partial charge in [0.25, 0.3) is 5.91 Å². The summed E-state index contributed by atoms with van der Waals surface area (Å²) in [6, 6.07) is 2.92. The lowest BCUT2D eigenvalue weighted by molar-refractivity contribution is 0.0995. The van der Waals surface area contributed by atoms with Crippen LogP contribution in [0.3, 0.4) is 0 Å². The van der Waals surface area contributed by atoms with E-state index in [1.54, 1.807) is 15.6 Å². The first kappa shape index (κ1) is 15.0. The Kier molecular flexibility index (Phi) is 3.96. The number of hydrogen-bond donors (Lipinski definition) is 2. The highest BCUT2D eigenvalue weighted by Gasteiger charge is 2.28. The van der Waals surface area contributed by atoms with E-state index in [-0.39, 0.29) is 11.7 Å². The molecule has 120 valence electrons. The summed E-state index contributed by atoms with van der Waals surface area (Å²) in [5, 5.41) is 6.95. The summed E-state index contributed by atoms with van der Waals surface area (Å²) in [6.07, 6.45) is 6.17. The minimum absolute atomic E-state index is 0.167. The van der Waals surface area contributed by atoms with Gasteiger partial charge in [-0.2, -0.15) is 5.10 Å². The first-order chi connectivity index (χ1) is 11.0. The van der Waals surface area contributed by atoms with Crippen LogP contribution in [-0.4, -0.2) is 44.7 Å². The number of pyridine rings is 1. The highest BCUT2D eigenvalue weighted by molar-refractivity contribution is 5.92. The van der Waals surface area contributed by atoms with Gasteiger partial charge >= 0.3 is 6.03 Å². The summed E-state index contributed by atoms with van der Waals surface area (Å²) in [5.74, 6) is -0.286. The van der Waals surface area contributed by atoms with Gasteiger partial charge in [0, 0.05) is 32.3 Å². The maximum atomic E-state index is 12.3. The monoisotopic (exact) mass is 314 g/mol. The molecule has 0 bridgehead atoms. The molecule has 0 aliphatic carbocycles. The zero-order valence-electron chi connectivity index (χ0n) is 12.8. The Bertz CT molecular complexity index is 724. The molecule has 2 aromatic rings. The maximum Gasteiger partial charge on any atom is 0.321 e. The normalized spacial score (nSPS) is 17.3. The Labute approximate surface area is 133 Å². The number of urea groups is 1. The smallest absolute Gasteiger partial charge is 0.321 e. The Morgan fingerprint density at radius 2 is 2.17 bits per heavy atom. The van der Waals surface area contributed by atoms with E-state index in [2.05, 4.69) is 15.4 Å². The predicted octanol–water partition coefficient (Wildman–Crippen LogP) is 0.935. The number of aromatic nitrogens is 3. The number of carbonyl (C=O) groups excluding carboxylic acids is 2. The van der Waals surface area contributed by atoms with Crippen LogP contribution in [0.15, 0.2) is 30.7 Å². The van der Waals surface area contributed by atoms with Gasteiger partial charge in [-0.1, -0.05) is 0 Å². The third-order valence-corrected chi connectivity index (χ3v) is 3.94. The van der Waals surface area contributed by atoms with E-state index >= 15 is 0 Å². The third-order valence-electron chi connectivity index (χ3n) is 3.94. The zero-order chi connectivity index (χ0) is 16.4. The van der Waals surface area contributed by atoms with Crippen molar-refractivity contribution < 1.29 is 9.59 Å². The Morgan fingerprint density at radius 1 is 1.35 bits per heavy atom. The fraction of sp³-hybridized carbons (Fsp3) is 0.333. The lowest BCUT2D eigenvalue weighted by atomic mass is 10.0. The van der Waals surface area contributed by atoms with Crippen molar-refractivity contribution >= 4 is 17.6 Å². The number of rotatable bonds is 3. The fourth-order valence-corrected chi connectivity index (χ4v) is 2.68. The third kappa shape index (κ3) is 3.31. The van der Waals surface area contributed by atoms with E-state index in [4.69, 9.17) is 5.73 Å². The molecule has 1 aliphatic rings. The van der Waals surface area contributed by atoms with Crippen molar-refractivity contribution in [3.05, 3.63) is 42.0 Å². The molecule has 3 heterocycles. The second-order valence-electron chi connectivity index (χ2n) is 5.61. The van der Waals surface area contributed by atoms with Gasteiger partial charge in [0.15, 0.2) is 0 Å². The van der Waals surface area contributed by atoms with Gasteiger partial charge in [0.05, 0.1) is 18.1 Å². The number of primary amides is 1. The molecule has 0 unspecified atom stereocenters. The highest BCUT2D eigenvalue weighted by atomic mass is 16.2. The molecule has 23 heavy (non-hydrogen) atoms. The molecule has 0 aromatic carbocycles. The topological polar surface area (TPSA) is 106 Å². The Morgan fingerprint density at radius 3 is 2.78 bits per heavy atom. The van der Waals surface area contributed by atoms with Crippen LogP contribution in [-0.2, 0) is 7.05 Å². The van der Waals surface area contributed by atoms with Crippen molar-refractivity contribution in [1.29, 1.82) is 0 Å². The van der Waals surface area contributed by atoms with E-state index in [1.807, 2.05) is 19.4 Å². The van der Waals surface area contributed by atoms with Crippen molar-refractivity contribution in [3.63, 3.8) is 0 Å². The number of hydrogen-bond acceptors (Lipinski definition) is 4. The average molecular weight is 314 g/mol. The fourth-order valence-electron chi connectivity index (χ4n) is 2.68. The summed E-state index contributed by atoms with van der Waals surface area (Å²) in [4.78, 5) is 28.9. The van der Waals surface area contributed by atoms with Gasteiger partial charge in [0.1, 0.15) is 5.69 Å². The van der Waals surface area contributed by atoms with Crippen LogP contribution in [0.5, 0.6) is 0 Å². The van der Waals surface area contributed by atoms with Crippen molar-refractivity contribution in [1.82, 2.24) is 19.7 Å². The second-order valence-corrected chi connectivity index (χ2v) is 5.61. The van der Waals surface area contributed by atoms with E-state index in [0.29, 0.717) is 24.7 Å². The van der Waals surface area contributed by atoms with Gasteiger partial charge in [-0.15, -0.1) is 0 Å². The molecule has 0 saturated carbocycles. The largest absolute Gasteiger partial charge is 0.364 e. The minimum atomic E-state index is -0.596. The van der Waals surface area contributed by atoms with Gasteiger partial charge < -0.3 is 16.0 Å². The molecule has 8 nitrogen and oxygen atoms in total. The van der Waals surface area contributed by atoms with Gasteiger partial charge in [-0.05, 0) is 24.1 Å². The highest BCUT2D eigenvalue weighted by Crippen LogP contribution is 2.27. The number of nitrogens with zero attached hydrogens (tertiary/aromatic N) is 4. The summed E-state index contributed by atoms with van der Waals surface area (Å²) in [5.41, 5.74) is 6.98. The molecule has 1 saturated heterocycles. The molecule has 0 spiro atoms. The molecule has 2 aromatic heterocycles. The van der Waals surface area contributed by atoms with Crippen molar-refractivity contribution in [2.24, 2.45) is 12.8 Å². The molecule has 8 heteroatoms. The van der Waals surface area contributed by atoms with Gasteiger partial charge in [-0.25, -0.2) is 9.78 Å². The molecule has 3 N–H and O–H groups in total. The van der Waals surface area contributed by atoms with Crippen LogP contribution in [0.25, 0.3) is 0 Å². The minimum Gasteiger partial charge on any atom is -0.364 e. The molecule has 1 fully saturated rings. The summed E-state index contributed by atoms with van der Waals surface area (Å²) < 4.78 is 1.77. The van der Waals surface area contributed by atoms with E-state index in [1.165, 1.54) is 12.3 Å².